The Labute approximate surface area is 206 Å². The Morgan fingerprint density at radius 1 is 1.00 bits per heavy atom. The number of hydrogen-bond donors (Lipinski definition) is 2. The predicted molar refractivity (Wildman–Crippen MR) is 132 cm³/mol. The first-order valence-corrected chi connectivity index (χ1v) is 11.8. The van der Waals surface area contributed by atoms with Gasteiger partial charge in [0.2, 0.25) is 0 Å². The lowest BCUT2D eigenvalue weighted by Crippen LogP contribution is -2.43. The van der Waals surface area contributed by atoms with Gasteiger partial charge in [-0.1, -0.05) is 48.5 Å². The van der Waals surface area contributed by atoms with Crippen LogP contribution in [0.5, 0.6) is 0 Å². The van der Waals surface area contributed by atoms with Crippen LogP contribution in [0.3, 0.4) is 0 Å². The Morgan fingerprint density at radius 3 is 2.11 bits per heavy atom. The van der Waals surface area contributed by atoms with E-state index in [1.54, 1.807) is 27.8 Å². The lowest BCUT2D eigenvalue weighted by Gasteiger charge is -2.22. The summed E-state index contributed by atoms with van der Waals surface area (Å²) < 4.78 is 10.8. The van der Waals surface area contributed by atoms with Crippen LogP contribution >= 0.6 is 0 Å². The molecule has 2 aromatic carbocycles. The van der Waals surface area contributed by atoms with Crippen LogP contribution in [0.25, 0.3) is 11.1 Å². The maximum absolute atomic E-state index is 12.6. The summed E-state index contributed by atoms with van der Waals surface area (Å²) in [5, 5.41) is 11.8. The lowest BCUT2D eigenvalue weighted by atomic mass is 9.98. The number of carboxylic acid groups (broad SMARTS) is 1. The predicted octanol–water partition coefficient (Wildman–Crippen LogP) is 5.02. The number of carbonyl (C=O) groups is 3. The van der Waals surface area contributed by atoms with Crippen LogP contribution in [0, 0.1) is 0 Å². The third-order valence-electron chi connectivity index (χ3n) is 5.87. The highest BCUT2D eigenvalue weighted by atomic mass is 16.6. The highest BCUT2D eigenvalue weighted by molar-refractivity contribution is 5.80. The molecular formula is C27H34N2O6. The zero-order valence-electron chi connectivity index (χ0n) is 20.7. The largest absolute Gasteiger partial charge is 0.480 e. The molecule has 1 atom stereocenters. The fourth-order valence-electron chi connectivity index (χ4n) is 4.20. The van der Waals surface area contributed by atoms with Crippen molar-refractivity contribution in [3.8, 4) is 11.1 Å². The van der Waals surface area contributed by atoms with E-state index in [4.69, 9.17) is 9.47 Å². The molecule has 0 saturated heterocycles. The molecule has 2 N–H and O–H groups in total. The second-order valence-corrected chi connectivity index (χ2v) is 9.76. The van der Waals surface area contributed by atoms with Crippen LogP contribution in [-0.4, -0.2) is 60.0 Å². The third kappa shape index (κ3) is 6.97. The minimum atomic E-state index is -1.12. The summed E-state index contributed by atoms with van der Waals surface area (Å²) in [5.41, 5.74) is 3.94. The minimum Gasteiger partial charge on any atom is -0.480 e. The molecule has 2 aromatic rings. The van der Waals surface area contributed by atoms with Crippen LogP contribution in [0.2, 0.25) is 0 Å². The molecule has 35 heavy (non-hydrogen) atoms. The number of hydrogen-bond acceptors (Lipinski definition) is 5. The van der Waals surface area contributed by atoms with Crippen LogP contribution in [-0.2, 0) is 14.3 Å². The average molecular weight is 483 g/mol. The Morgan fingerprint density at radius 2 is 1.57 bits per heavy atom. The van der Waals surface area contributed by atoms with Crippen molar-refractivity contribution in [2.45, 2.75) is 57.6 Å². The molecule has 1 aliphatic rings. The van der Waals surface area contributed by atoms with Crippen molar-refractivity contribution in [2.24, 2.45) is 0 Å². The topological polar surface area (TPSA) is 105 Å². The van der Waals surface area contributed by atoms with Crippen molar-refractivity contribution >= 4 is 18.2 Å². The zero-order valence-corrected chi connectivity index (χ0v) is 20.7. The van der Waals surface area contributed by atoms with Crippen molar-refractivity contribution in [1.29, 1.82) is 0 Å². The van der Waals surface area contributed by atoms with Gasteiger partial charge in [0.05, 0.1) is 0 Å². The smallest absolute Gasteiger partial charge is 0.409 e. The number of ether oxygens (including phenoxy) is 2. The molecule has 0 unspecified atom stereocenters. The van der Waals surface area contributed by atoms with Crippen molar-refractivity contribution in [2.75, 3.05) is 20.2 Å². The first-order chi connectivity index (χ1) is 16.6. The van der Waals surface area contributed by atoms with Gasteiger partial charge in [-0.2, -0.15) is 0 Å². The second kappa shape index (κ2) is 11.3. The fraction of sp³-hybridized carbons (Fsp3) is 0.444. The number of unbranched alkanes of at least 4 members (excludes halogenated alkanes) is 1. The van der Waals surface area contributed by atoms with E-state index in [0.717, 1.165) is 11.1 Å². The van der Waals surface area contributed by atoms with Gasteiger partial charge in [-0.05, 0) is 62.3 Å². The van der Waals surface area contributed by atoms with Gasteiger partial charge in [0, 0.05) is 19.5 Å². The molecule has 0 saturated carbocycles. The van der Waals surface area contributed by atoms with Gasteiger partial charge in [0.1, 0.15) is 18.2 Å². The van der Waals surface area contributed by atoms with E-state index in [0.29, 0.717) is 19.4 Å². The van der Waals surface area contributed by atoms with Crippen LogP contribution in [0.15, 0.2) is 48.5 Å². The summed E-state index contributed by atoms with van der Waals surface area (Å²) >= 11 is 0. The molecule has 3 rings (SSSR count). The minimum absolute atomic E-state index is 0.00463. The highest BCUT2D eigenvalue weighted by Crippen LogP contribution is 2.44. The van der Waals surface area contributed by atoms with Crippen molar-refractivity contribution < 1.29 is 29.0 Å². The summed E-state index contributed by atoms with van der Waals surface area (Å²) in [6, 6.07) is 15.3. The summed E-state index contributed by atoms with van der Waals surface area (Å²) in [4.78, 5) is 37.4. The molecule has 0 heterocycles. The second-order valence-electron chi connectivity index (χ2n) is 9.76. The number of alkyl carbamates (subject to hydrolysis) is 1. The molecule has 0 radical (unpaired) electrons. The van der Waals surface area contributed by atoms with E-state index in [2.05, 4.69) is 29.6 Å². The summed E-state index contributed by atoms with van der Waals surface area (Å²) in [7, 11) is 1.66. The van der Waals surface area contributed by atoms with E-state index in [1.165, 1.54) is 16.0 Å². The number of nitrogens with zero attached hydrogens (tertiary/aromatic N) is 1. The van der Waals surface area contributed by atoms with Gasteiger partial charge in [0.15, 0.2) is 0 Å². The first-order valence-electron chi connectivity index (χ1n) is 11.8. The van der Waals surface area contributed by atoms with Crippen LogP contribution in [0.4, 0.5) is 9.59 Å². The standard InChI is InChI=1S/C27H34N2O6/c1-27(2,3)35-25(32)28-23(24(30)31)15-9-10-16-29(4)26(33)34-17-22-20-13-7-5-11-18(20)19-12-6-8-14-21(19)22/h5-8,11-14,22-23H,9-10,15-17H2,1-4H3,(H,28,32)(H,30,31)/t23-/m0/s1. The van der Waals surface area contributed by atoms with Crippen LogP contribution < -0.4 is 5.32 Å². The monoisotopic (exact) mass is 482 g/mol. The number of benzene rings is 2. The van der Waals surface area contributed by atoms with Gasteiger partial charge in [-0.25, -0.2) is 14.4 Å². The van der Waals surface area contributed by atoms with E-state index in [9.17, 15) is 19.5 Å². The van der Waals surface area contributed by atoms with E-state index < -0.39 is 29.8 Å². The maximum Gasteiger partial charge on any atom is 0.409 e. The first kappa shape index (κ1) is 26.1. The Balaban J connectivity index is 1.45. The number of carboxylic acids is 1. The van der Waals surface area contributed by atoms with Gasteiger partial charge < -0.3 is 24.8 Å². The van der Waals surface area contributed by atoms with E-state index >= 15 is 0 Å². The van der Waals surface area contributed by atoms with Crippen LogP contribution in [0.1, 0.15) is 57.1 Å². The molecule has 8 heteroatoms. The van der Waals surface area contributed by atoms with Crippen molar-refractivity contribution in [1.82, 2.24) is 10.2 Å². The number of nitrogens with one attached hydrogen (secondary N) is 1. The lowest BCUT2D eigenvalue weighted by molar-refractivity contribution is -0.139. The number of aliphatic carboxylic acids is 1. The van der Waals surface area contributed by atoms with Crippen molar-refractivity contribution in [3.63, 3.8) is 0 Å². The molecule has 0 fully saturated rings. The number of rotatable bonds is 9. The quantitative estimate of drug-likeness (QED) is 0.487. The number of carbonyl (C=O) groups excluding carboxylic acids is 2. The molecule has 1 aliphatic carbocycles. The Kier molecular flexibility index (Phi) is 8.38. The molecule has 8 nitrogen and oxygen atoms in total. The Bertz CT molecular complexity index is 1020. The average Bonchev–Trinajstić information content (AvgIpc) is 3.11. The van der Waals surface area contributed by atoms with Gasteiger partial charge >= 0.3 is 18.2 Å². The number of fused-ring (bicyclic) bond motifs is 3. The van der Waals surface area contributed by atoms with E-state index in [1.807, 2.05) is 24.3 Å². The highest BCUT2D eigenvalue weighted by Gasteiger charge is 2.29. The number of amides is 2. The summed E-state index contributed by atoms with van der Waals surface area (Å²) in [6.07, 6.45) is 0.121. The maximum atomic E-state index is 12.6. The molecule has 188 valence electrons. The fourth-order valence-corrected chi connectivity index (χ4v) is 4.20. The van der Waals surface area contributed by atoms with Gasteiger partial charge in [0.25, 0.3) is 0 Å². The summed E-state index contributed by atoms with van der Waals surface area (Å²) in [6.45, 7) is 5.79. The third-order valence-corrected chi connectivity index (χ3v) is 5.87. The molecule has 2 amide bonds. The van der Waals surface area contributed by atoms with Crippen molar-refractivity contribution in [3.05, 3.63) is 59.7 Å². The zero-order chi connectivity index (χ0) is 25.6. The van der Waals surface area contributed by atoms with E-state index in [-0.39, 0.29) is 18.9 Å². The molecule has 0 aliphatic heterocycles. The summed E-state index contributed by atoms with van der Waals surface area (Å²) in [5.74, 6) is -1.13. The van der Waals surface area contributed by atoms with Gasteiger partial charge in [-0.15, -0.1) is 0 Å². The molecule has 0 aromatic heterocycles. The normalized spacial score (nSPS) is 13.4. The molecule has 0 bridgehead atoms. The SMILES string of the molecule is CN(CCCC[C@H](NC(=O)OC(C)(C)C)C(=O)O)C(=O)OCC1c2ccccc2-c2ccccc21. The van der Waals surface area contributed by atoms with Gasteiger partial charge in [-0.3, -0.25) is 0 Å². The molecule has 0 spiro atoms. The molecular weight excluding hydrogens is 448 g/mol. The Hall–Kier alpha value is -3.55.